The number of piperidine rings is 2. The van der Waals surface area contributed by atoms with Gasteiger partial charge in [0.15, 0.2) is 0 Å². The molecule has 1 aromatic carbocycles. The van der Waals surface area contributed by atoms with E-state index in [0.29, 0.717) is 57.0 Å². The van der Waals surface area contributed by atoms with Crippen molar-refractivity contribution in [2.24, 2.45) is 11.8 Å². The van der Waals surface area contributed by atoms with Gasteiger partial charge in [-0.15, -0.1) is 0 Å². The van der Waals surface area contributed by atoms with Crippen LogP contribution in [0.15, 0.2) is 49.1 Å². The van der Waals surface area contributed by atoms with Crippen molar-refractivity contribution >= 4 is 40.3 Å². The summed E-state index contributed by atoms with van der Waals surface area (Å²) in [6.45, 7) is 4.93. The zero-order valence-electron chi connectivity index (χ0n) is 36.1. The number of amides is 4. The van der Waals surface area contributed by atoms with Crippen LogP contribution in [0.5, 0.6) is 0 Å². The van der Waals surface area contributed by atoms with Crippen LogP contribution in [-0.2, 0) is 25.4 Å². The van der Waals surface area contributed by atoms with Crippen LogP contribution in [0.25, 0.3) is 10.9 Å². The second kappa shape index (κ2) is 21.2. The van der Waals surface area contributed by atoms with Gasteiger partial charge in [-0.2, -0.15) is 13.2 Å². The fourth-order valence-corrected chi connectivity index (χ4v) is 9.77. The summed E-state index contributed by atoms with van der Waals surface area (Å²) in [6, 6.07) is 6.59. The van der Waals surface area contributed by atoms with Crippen LogP contribution in [0.1, 0.15) is 94.2 Å². The average Bonchev–Trinajstić information content (AvgIpc) is 3.79. The van der Waals surface area contributed by atoms with Gasteiger partial charge in [0.05, 0.1) is 17.1 Å². The molecule has 6 heterocycles. The van der Waals surface area contributed by atoms with E-state index in [1.807, 2.05) is 17.0 Å². The standard InChI is InChI=1S/C45H61F3N10O5/c1-55-39(60)27-35(40(55)31-8-7-17-49-28-31)43(62)50-18-6-4-2-3-5-9-38(59)57-22-14-33(15-23-57)56-20-12-30(13-21-56)42(61)51-19-25-58-24-16-37(44(58)63)54-41-34-26-32(45(46,47)48)10-11-36(34)52-29-53-41/h7-8,10-11,17,26,28-30,33,35,37,40,43,50,62H,2-6,9,12-16,18-25,27H2,1H3,(H,51,61)(H,52,53,54)/t35-,37+,40+,43?/m1/s1. The number of aromatic nitrogens is 3. The first kappa shape index (κ1) is 46.1. The molecule has 4 fully saturated rings. The van der Waals surface area contributed by atoms with E-state index in [9.17, 15) is 37.5 Å². The number of hydrogen-bond donors (Lipinski definition) is 4. The van der Waals surface area contributed by atoms with Gasteiger partial charge in [0.25, 0.3) is 0 Å². The number of nitrogens with zero attached hydrogens (tertiary/aromatic N) is 7. The second-order valence-electron chi connectivity index (χ2n) is 17.5. The Balaban J connectivity index is 0.720. The molecule has 4 N–H and O–H groups in total. The van der Waals surface area contributed by atoms with E-state index in [2.05, 4.69) is 35.8 Å². The molecule has 4 aliphatic rings. The van der Waals surface area contributed by atoms with Crippen LogP contribution in [0.2, 0.25) is 0 Å². The van der Waals surface area contributed by atoms with Crippen molar-refractivity contribution in [2.45, 2.75) is 108 Å². The molecule has 7 rings (SSSR count). The first-order valence-electron chi connectivity index (χ1n) is 22.6. The van der Waals surface area contributed by atoms with E-state index in [-0.39, 0.29) is 52.7 Å². The molecule has 2 aromatic heterocycles. The molecule has 15 nitrogen and oxygen atoms in total. The van der Waals surface area contributed by atoms with Crippen molar-refractivity contribution < 1.29 is 37.5 Å². The third-order valence-corrected chi connectivity index (χ3v) is 13.5. The molecule has 18 heteroatoms. The van der Waals surface area contributed by atoms with E-state index in [4.69, 9.17) is 0 Å². The van der Waals surface area contributed by atoms with Gasteiger partial charge in [0.1, 0.15) is 24.4 Å². The Labute approximate surface area is 366 Å². The lowest BCUT2D eigenvalue weighted by molar-refractivity contribution is -0.137. The van der Waals surface area contributed by atoms with E-state index in [1.165, 1.54) is 12.4 Å². The van der Waals surface area contributed by atoms with E-state index in [0.717, 1.165) is 102 Å². The summed E-state index contributed by atoms with van der Waals surface area (Å²) in [5.74, 6) is -0.126. The number of nitrogens with one attached hydrogen (secondary N) is 3. The molecule has 3 aromatic rings. The zero-order chi connectivity index (χ0) is 44.5. The van der Waals surface area contributed by atoms with Crippen molar-refractivity contribution in [3.63, 3.8) is 0 Å². The molecular weight excluding hydrogens is 818 g/mol. The summed E-state index contributed by atoms with van der Waals surface area (Å²) < 4.78 is 40.0. The Hall–Kier alpha value is -4.94. The maximum absolute atomic E-state index is 13.3. The molecular formula is C45H61F3N10O5. The van der Waals surface area contributed by atoms with Crippen LogP contribution in [0.4, 0.5) is 19.0 Å². The molecule has 4 saturated heterocycles. The van der Waals surface area contributed by atoms with E-state index >= 15 is 0 Å². The van der Waals surface area contributed by atoms with Crippen LogP contribution in [-0.4, -0.2) is 141 Å². The van der Waals surface area contributed by atoms with Crippen molar-refractivity contribution in [3.05, 3.63) is 60.2 Å². The van der Waals surface area contributed by atoms with Crippen molar-refractivity contribution in [3.8, 4) is 0 Å². The smallest absolute Gasteiger partial charge is 0.378 e. The maximum Gasteiger partial charge on any atom is 0.416 e. The molecule has 0 aliphatic carbocycles. The molecule has 63 heavy (non-hydrogen) atoms. The molecule has 342 valence electrons. The lowest BCUT2D eigenvalue weighted by Crippen LogP contribution is -2.50. The third kappa shape index (κ3) is 11.6. The number of aliphatic hydroxyl groups is 1. The first-order chi connectivity index (χ1) is 30.4. The normalized spacial score (nSPS) is 22.3. The molecule has 1 unspecified atom stereocenters. The first-order valence-corrected chi connectivity index (χ1v) is 22.6. The highest BCUT2D eigenvalue weighted by molar-refractivity contribution is 5.93. The van der Waals surface area contributed by atoms with Gasteiger partial charge >= 0.3 is 6.18 Å². The summed E-state index contributed by atoms with van der Waals surface area (Å²) in [5.41, 5.74) is 0.450. The van der Waals surface area contributed by atoms with Crippen molar-refractivity contribution in [2.75, 3.05) is 64.7 Å². The Morgan fingerprint density at radius 1 is 0.921 bits per heavy atom. The lowest BCUT2D eigenvalue weighted by atomic mass is 9.92. The van der Waals surface area contributed by atoms with Gasteiger partial charge in [-0.1, -0.05) is 25.3 Å². The van der Waals surface area contributed by atoms with Crippen molar-refractivity contribution in [1.29, 1.82) is 0 Å². The van der Waals surface area contributed by atoms with E-state index < -0.39 is 24.0 Å². The minimum Gasteiger partial charge on any atom is -0.378 e. The minimum absolute atomic E-state index is 0.0126. The number of pyridine rings is 1. The highest BCUT2D eigenvalue weighted by Gasteiger charge is 2.42. The number of fused-ring (bicyclic) bond motifs is 1. The highest BCUT2D eigenvalue weighted by Crippen LogP contribution is 2.38. The third-order valence-electron chi connectivity index (χ3n) is 13.5. The van der Waals surface area contributed by atoms with Crippen LogP contribution in [0, 0.1) is 11.8 Å². The number of likely N-dealkylation sites (tertiary alicyclic amines) is 4. The van der Waals surface area contributed by atoms with Crippen LogP contribution in [0.3, 0.4) is 0 Å². The maximum atomic E-state index is 13.3. The lowest BCUT2D eigenvalue weighted by Gasteiger charge is -2.41. The quantitative estimate of drug-likeness (QED) is 0.106. The predicted molar refractivity (Wildman–Crippen MR) is 230 cm³/mol. The fraction of sp³-hybridized carbons (Fsp3) is 0.622. The molecule has 0 bridgehead atoms. The number of carbonyl (C=O) groups is 4. The van der Waals surface area contributed by atoms with Gasteiger partial charge < -0.3 is 35.3 Å². The monoisotopic (exact) mass is 878 g/mol. The van der Waals surface area contributed by atoms with Gasteiger partial charge in [-0.05, 0) is 94.4 Å². The number of unbranched alkanes of at least 4 members (excludes halogenated alkanes) is 4. The second-order valence-corrected chi connectivity index (χ2v) is 17.5. The van der Waals surface area contributed by atoms with Gasteiger partial charge in [-0.25, -0.2) is 9.97 Å². The SMILES string of the molecule is CN1C(=O)C[C@@H](C(O)NCCCCCCCC(=O)N2CCC(N3CCC(C(=O)NCCN4CC[C@H](Nc5ncnc6ccc(C(F)(F)F)cc56)C4=O)CC3)CC2)[C@@H]1c1cccnc1. The molecule has 0 saturated carbocycles. The number of halogens is 3. The Morgan fingerprint density at radius 3 is 2.43 bits per heavy atom. The number of rotatable bonds is 18. The van der Waals surface area contributed by atoms with Crippen LogP contribution < -0.4 is 16.0 Å². The Bertz CT molecular complexity index is 2030. The number of carbonyl (C=O) groups excluding carboxylic acids is 4. The highest BCUT2D eigenvalue weighted by atomic mass is 19.4. The molecule has 4 aliphatic heterocycles. The largest absolute Gasteiger partial charge is 0.416 e. The van der Waals surface area contributed by atoms with Crippen molar-refractivity contribution in [1.82, 2.24) is 45.2 Å². The number of aliphatic hydroxyl groups excluding tert-OH is 1. The molecule has 0 spiro atoms. The number of hydrogen-bond acceptors (Lipinski definition) is 11. The minimum atomic E-state index is -4.52. The van der Waals surface area contributed by atoms with Gasteiger partial charge in [0.2, 0.25) is 23.6 Å². The topological polar surface area (TPSA) is 176 Å². The van der Waals surface area contributed by atoms with Gasteiger partial charge in [-0.3, -0.25) is 29.5 Å². The summed E-state index contributed by atoms with van der Waals surface area (Å²) in [7, 11) is 1.78. The molecule has 4 atom stereocenters. The number of alkyl halides is 3. The Morgan fingerprint density at radius 2 is 1.68 bits per heavy atom. The number of benzene rings is 1. The number of anilines is 1. The average molecular weight is 879 g/mol. The summed E-state index contributed by atoms with van der Waals surface area (Å²) in [5, 5.41) is 20.3. The van der Waals surface area contributed by atoms with Crippen LogP contribution >= 0.6 is 0 Å². The zero-order valence-corrected chi connectivity index (χ0v) is 36.1. The van der Waals surface area contributed by atoms with E-state index in [1.54, 1.807) is 29.2 Å². The molecule has 4 amide bonds. The summed E-state index contributed by atoms with van der Waals surface area (Å²) in [6.07, 6.45) is 8.84. The van der Waals surface area contributed by atoms with Gasteiger partial charge in [0, 0.05) is 88.3 Å². The predicted octanol–water partition coefficient (Wildman–Crippen LogP) is 4.34. The fourth-order valence-electron chi connectivity index (χ4n) is 9.77. The molecule has 0 radical (unpaired) electrons. The summed E-state index contributed by atoms with van der Waals surface area (Å²) >= 11 is 0. The summed E-state index contributed by atoms with van der Waals surface area (Å²) in [4.78, 5) is 71.9. The Kier molecular flexibility index (Phi) is 15.5.